The van der Waals surface area contributed by atoms with E-state index in [2.05, 4.69) is 0 Å². The van der Waals surface area contributed by atoms with Crippen LogP contribution in [0.15, 0.2) is 65.6 Å². The smallest absolute Gasteiger partial charge is 0.228 e. The summed E-state index contributed by atoms with van der Waals surface area (Å²) in [5, 5.41) is 0.993. The van der Waals surface area contributed by atoms with Crippen molar-refractivity contribution in [2.75, 3.05) is 0 Å². The van der Waals surface area contributed by atoms with Crippen molar-refractivity contribution >= 4 is 27.6 Å². The molecule has 1 unspecified atom stereocenters. The number of carbonyl (C=O) groups excluding carboxylic acids is 1. The summed E-state index contributed by atoms with van der Waals surface area (Å²) in [6.45, 7) is 1.53. The van der Waals surface area contributed by atoms with Crippen LogP contribution < -0.4 is 0 Å². The third kappa shape index (κ3) is 2.67. The van der Waals surface area contributed by atoms with E-state index in [1.807, 2.05) is 60.7 Å². The predicted octanol–water partition coefficient (Wildman–Crippen LogP) is 3.61. The molecular formula is C17H15NO2S. The van der Waals surface area contributed by atoms with E-state index in [9.17, 15) is 9.00 Å². The standard InChI is InChI=1S/C17H15NO2S/c1-13(19)18-15(11-14-7-5-6-10-17(14)18)12-21(20)16-8-3-2-4-9-16/h2-11H,12H2,1H3. The Labute approximate surface area is 125 Å². The van der Waals surface area contributed by atoms with Crippen molar-refractivity contribution in [2.24, 2.45) is 0 Å². The summed E-state index contributed by atoms with van der Waals surface area (Å²) in [6.07, 6.45) is 0. The van der Waals surface area contributed by atoms with E-state index in [-0.39, 0.29) is 5.91 Å². The second-order valence-electron chi connectivity index (χ2n) is 4.85. The van der Waals surface area contributed by atoms with Gasteiger partial charge in [0.2, 0.25) is 5.91 Å². The highest BCUT2D eigenvalue weighted by atomic mass is 32.2. The molecule has 21 heavy (non-hydrogen) atoms. The number of hydrogen-bond acceptors (Lipinski definition) is 2. The van der Waals surface area contributed by atoms with E-state index in [4.69, 9.17) is 0 Å². The van der Waals surface area contributed by atoms with Crippen LogP contribution in [0.25, 0.3) is 10.9 Å². The van der Waals surface area contributed by atoms with Crippen LogP contribution in [0.3, 0.4) is 0 Å². The Morgan fingerprint density at radius 3 is 2.43 bits per heavy atom. The number of carbonyl (C=O) groups is 1. The molecular weight excluding hydrogens is 282 g/mol. The van der Waals surface area contributed by atoms with E-state index < -0.39 is 10.8 Å². The van der Waals surface area contributed by atoms with E-state index in [0.717, 1.165) is 21.5 Å². The third-order valence-electron chi connectivity index (χ3n) is 3.39. The zero-order valence-electron chi connectivity index (χ0n) is 11.7. The zero-order chi connectivity index (χ0) is 14.8. The normalized spacial score (nSPS) is 12.4. The lowest BCUT2D eigenvalue weighted by atomic mass is 10.2. The molecule has 1 atom stereocenters. The molecule has 0 fully saturated rings. The van der Waals surface area contributed by atoms with Crippen LogP contribution in [0.1, 0.15) is 17.4 Å². The Morgan fingerprint density at radius 1 is 1.05 bits per heavy atom. The topological polar surface area (TPSA) is 39.1 Å². The second-order valence-corrected chi connectivity index (χ2v) is 6.30. The molecule has 0 N–H and O–H groups in total. The Bertz CT molecular complexity index is 821. The van der Waals surface area contributed by atoms with Gasteiger partial charge in [-0.3, -0.25) is 13.6 Å². The Morgan fingerprint density at radius 2 is 1.71 bits per heavy atom. The van der Waals surface area contributed by atoms with E-state index in [1.54, 1.807) is 4.57 Å². The monoisotopic (exact) mass is 297 g/mol. The van der Waals surface area contributed by atoms with Gasteiger partial charge in [-0.2, -0.15) is 0 Å². The quantitative estimate of drug-likeness (QED) is 0.741. The number of aromatic nitrogens is 1. The molecule has 3 nitrogen and oxygen atoms in total. The highest BCUT2D eigenvalue weighted by molar-refractivity contribution is 7.84. The summed E-state index contributed by atoms with van der Waals surface area (Å²) in [7, 11) is -1.16. The molecule has 0 saturated heterocycles. The summed E-state index contributed by atoms with van der Waals surface area (Å²) in [5.41, 5.74) is 1.65. The molecule has 1 heterocycles. The average Bonchev–Trinajstić information content (AvgIpc) is 2.86. The van der Waals surface area contributed by atoms with Crippen molar-refractivity contribution in [1.82, 2.24) is 4.57 Å². The molecule has 0 spiro atoms. The van der Waals surface area contributed by atoms with Crippen molar-refractivity contribution in [3.63, 3.8) is 0 Å². The first-order valence-electron chi connectivity index (χ1n) is 6.70. The lowest BCUT2D eigenvalue weighted by Crippen LogP contribution is -2.11. The molecule has 4 heteroatoms. The molecule has 106 valence electrons. The Kier molecular flexibility index (Phi) is 3.71. The van der Waals surface area contributed by atoms with Gasteiger partial charge in [-0.05, 0) is 24.3 Å². The summed E-state index contributed by atoms with van der Waals surface area (Å²) < 4.78 is 14.1. The van der Waals surface area contributed by atoms with Crippen LogP contribution in [-0.4, -0.2) is 14.7 Å². The van der Waals surface area contributed by atoms with Gasteiger partial charge in [-0.25, -0.2) is 0 Å². The summed E-state index contributed by atoms with van der Waals surface area (Å²) in [5.74, 6) is 0.273. The number of rotatable bonds is 3. The van der Waals surface area contributed by atoms with E-state index >= 15 is 0 Å². The summed E-state index contributed by atoms with van der Waals surface area (Å²) >= 11 is 0. The van der Waals surface area contributed by atoms with Gasteiger partial charge in [-0.15, -0.1) is 0 Å². The van der Waals surface area contributed by atoms with Gasteiger partial charge in [0, 0.05) is 22.9 Å². The molecule has 3 rings (SSSR count). The minimum atomic E-state index is -1.16. The van der Waals surface area contributed by atoms with Crippen LogP contribution >= 0.6 is 0 Å². The Hall–Kier alpha value is -2.20. The van der Waals surface area contributed by atoms with Crippen molar-refractivity contribution in [3.8, 4) is 0 Å². The molecule has 1 aromatic heterocycles. The predicted molar refractivity (Wildman–Crippen MR) is 84.8 cm³/mol. The first-order valence-corrected chi connectivity index (χ1v) is 8.02. The number of fused-ring (bicyclic) bond motifs is 1. The van der Waals surface area contributed by atoms with Crippen LogP contribution in [0.2, 0.25) is 0 Å². The fourth-order valence-electron chi connectivity index (χ4n) is 2.48. The number of benzene rings is 2. The van der Waals surface area contributed by atoms with Crippen molar-refractivity contribution in [3.05, 3.63) is 66.4 Å². The molecule has 0 amide bonds. The lowest BCUT2D eigenvalue weighted by Gasteiger charge is -2.06. The van der Waals surface area contributed by atoms with Crippen molar-refractivity contribution < 1.29 is 9.00 Å². The molecule has 0 aliphatic heterocycles. The van der Waals surface area contributed by atoms with Crippen LogP contribution in [0.4, 0.5) is 0 Å². The molecule has 0 aliphatic carbocycles. The highest BCUT2D eigenvalue weighted by Crippen LogP contribution is 2.22. The SMILES string of the molecule is CC(=O)n1c(CS(=O)c2ccccc2)cc2ccccc21. The maximum atomic E-state index is 12.5. The lowest BCUT2D eigenvalue weighted by molar-refractivity contribution is 0.0939. The highest BCUT2D eigenvalue weighted by Gasteiger charge is 2.14. The molecule has 0 aliphatic rings. The van der Waals surface area contributed by atoms with Gasteiger partial charge in [-0.1, -0.05) is 36.4 Å². The summed E-state index contributed by atoms with van der Waals surface area (Å²) in [4.78, 5) is 12.7. The molecule has 3 aromatic rings. The molecule has 0 radical (unpaired) electrons. The first-order chi connectivity index (χ1) is 10.2. The third-order valence-corrected chi connectivity index (χ3v) is 4.74. The van der Waals surface area contributed by atoms with Gasteiger partial charge in [0.1, 0.15) is 0 Å². The van der Waals surface area contributed by atoms with E-state index in [1.165, 1.54) is 6.92 Å². The number of hydrogen-bond donors (Lipinski definition) is 0. The van der Waals surface area contributed by atoms with Gasteiger partial charge < -0.3 is 0 Å². The van der Waals surface area contributed by atoms with Crippen LogP contribution in [0.5, 0.6) is 0 Å². The minimum Gasteiger partial charge on any atom is -0.284 e. The van der Waals surface area contributed by atoms with Crippen LogP contribution in [0, 0.1) is 0 Å². The van der Waals surface area contributed by atoms with Gasteiger partial charge in [0.15, 0.2) is 0 Å². The van der Waals surface area contributed by atoms with Crippen molar-refractivity contribution in [2.45, 2.75) is 17.6 Å². The van der Waals surface area contributed by atoms with E-state index in [0.29, 0.717) is 5.75 Å². The largest absolute Gasteiger partial charge is 0.284 e. The van der Waals surface area contributed by atoms with Crippen molar-refractivity contribution in [1.29, 1.82) is 0 Å². The molecule has 0 bridgehead atoms. The van der Waals surface area contributed by atoms with Gasteiger partial charge in [0.05, 0.1) is 22.1 Å². The van der Waals surface area contributed by atoms with Crippen LogP contribution in [-0.2, 0) is 16.6 Å². The molecule has 0 saturated carbocycles. The number of nitrogens with zero attached hydrogens (tertiary/aromatic N) is 1. The first kappa shape index (κ1) is 13.8. The second kappa shape index (κ2) is 5.66. The molecule has 2 aromatic carbocycles. The number of para-hydroxylation sites is 1. The summed E-state index contributed by atoms with van der Waals surface area (Å²) in [6, 6.07) is 19.0. The Balaban J connectivity index is 2.03. The zero-order valence-corrected chi connectivity index (χ0v) is 12.5. The fraction of sp³-hybridized carbons (Fsp3) is 0.118. The average molecular weight is 297 g/mol. The minimum absolute atomic E-state index is 0.0590. The van der Waals surface area contributed by atoms with Gasteiger partial charge >= 0.3 is 0 Å². The van der Waals surface area contributed by atoms with Gasteiger partial charge in [0.25, 0.3) is 0 Å². The maximum Gasteiger partial charge on any atom is 0.228 e. The maximum absolute atomic E-state index is 12.5. The fourth-order valence-corrected chi connectivity index (χ4v) is 3.59.